The van der Waals surface area contributed by atoms with Crippen LogP contribution in [0.5, 0.6) is 0 Å². The molecule has 168 valence electrons. The van der Waals surface area contributed by atoms with E-state index < -0.39 is 11.7 Å². The maximum atomic E-state index is 13.0. The van der Waals surface area contributed by atoms with Gasteiger partial charge in [-0.3, -0.25) is 9.69 Å². The summed E-state index contributed by atoms with van der Waals surface area (Å²) in [6, 6.07) is 13.9. The minimum atomic E-state index is -4.45. The number of alkyl halides is 3. The van der Waals surface area contributed by atoms with Crippen molar-refractivity contribution in [3.8, 4) is 11.4 Å². The van der Waals surface area contributed by atoms with Gasteiger partial charge in [0.2, 0.25) is 17.6 Å². The Morgan fingerprint density at radius 1 is 1.19 bits per heavy atom. The van der Waals surface area contributed by atoms with Gasteiger partial charge >= 0.3 is 6.18 Å². The number of carbonyl (C=O) groups excluding carboxylic acids is 1. The Morgan fingerprint density at radius 2 is 1.97 bits per heavy atom. The number of para-hydroxylation sites is 1. The van der Waals surface area contributed by atoms with Crippen LogP contribution in [0.15, 0.2) is 59.1 Å². The van der Waals surface area contributed by atoms with Crippen molar-refractivity contribution in [2.24, 2.45) is 5.92 Å². The zero-order valence-electron chi connectivity index (χ0n) is 17.5. The second kappa shape index (κ2) is 9.12. The van der Waals surface area contributed by atoms with Crippen LogP contribution in [-0.2, 0) is 11.0 Å². The predicted molar refractivity (Wildman–Crippen MR) is 113 cm³/mol. The Balaban J connectivity index is 1.44. The lowest BCUT2D eigenvalue weighted by Gasteiger charge is -2.34. The summed E-state index contributed by atoms with van der Waals surface area (Å²) in [6.45, 7) is 3.18. The molecule has 9 heteroatoms. The number of rotatable bonds is 5. The summed E-state index contributed by atoms with van der Waals surface area (Å²) in [4.78, 5) is 19.1. The molecule has 1 N–H and O–H groups in total. The zero-order chi connectivity index (χ0) is 22.7. The second-order valence-corrected chi connectivity index (χ2v) is 7.90. The van der Waals surface area contributed by atoms with Gasteiger partial charge in [-0.25, -0.2) is 0 Å². The fourth-order valence-corrected chi connectivity index (χ4v) is 3.85. The van der Waals surface area contributed by atoms with Crippen molar-refractivity contribution < 1.29 is 22.5 Å². The summed E-state index contributed by atoms with van der Waals surface area (Å²) in [5.41, 5.74) is 0.226. The number of likely N-dealkylation sites (tertiary alicyclic amines) is 1. The molecule has 2 aromatic carbocycles. The molecule has 0 aliphatic carbocycles. The molecule has 1 fully saturated rings. The Hall–Kier alpha value is -3.20. The van der Waals surface area contributed by atoms with Crippen LogP contribution >= 0.6 is 0 Å². The maximum absolute atomic E-state index is 13.0. The number of anilines is 1. The van der Waals surface area contributed by atoms with Crippen molar-refractivity contribution >= 4 is 11.6 Å². The summed E-state index contributed by atoms with van der Waals surface area (Å²) in [6.07, 6.45) is -2.83. The minimum Gasteiger partial charge on any atom is -0.337 e. The van der Waals surface area contributed by atoms with Gasteiger partial charge < -0.3 is 9.84 Å². The molecule has 2 heterocycles. The van der Waals surface area contributed by atoms with Crippen LogP contribution in [0.3, 0.4) is 0 Å². The summed E-state index contributed by atoms with van der Waals surface area (Å²) in [5.74, 6) is 0.190. The molecule has 1 aromatic heterocycles. The molecule has 0 saturated carbocycles. The molecule has 1 amide bonds. The predicted octanol–water partition coefficient (Wildman–Crippen LogP) is 5.17. The first kappa shape index (κ1) is 22.0. The van der Waals surface area contributed by atoms with Gasteiger partial charge in [-0.1, -0.05) is 35.5 Å². The van der Waals surface area contributed by atoms with E-state index in [1.54, 1.807) is 0 Å². The average molecular weight is 444 g/mol. The van der Waals surface area contributed by atoms with E-state index in [9.17, 15) is 18.0 Å². The first-order valence-electron chi connectivity index (χ1n) is 10.4. The molecule has 32 heavy (non-hydrogen) atoms. The highest BCUT2D eigenvalue weighted by molar-refractivity contribution is 5.92. The fraction of sp³-hybridized carbons (Fsp3) is 0.348. The van der Waals surface area contributed by atoms with E-state index >= 15 is 0 Å². The van der Waals surface area contributed by atoms with Gasteiger partial charge in [0.05, 0.1) is 17.5 Å². The number of nitrogens with zero attached hydrogens (tertiary/aromatic N) is 3. The molecule has 0 bridgehead atoms. The van der Waals surface area contributed by atoms with Crippen LogP contribution in [0.25, 0.3) is 11.4 Å². The molecule has 1 aliphatic heterocycles. The van der Waals surface area contributed by atoms with Gasteiger partial charge in [-0.15, -0.1) is 0 Å². The van der Waals surface area contributed by atoms with E-state index in [2.05, 4.69) is 20.4 Å². The number of hydrogen-bond acceptors (Lipinski definition) is 5. The number of benzene rings is 2. The van der Waals surface area contributed by atoms with Gasteiger partial charge in [-0.05, 0) is 50.6 Å². The summed E-state index contributed by atoms with van der Waals surface area (Å²) in [5, 5.41) is 6.82. The lowest BCUT2D eigenvalue weighted by Crippen LogP contribution is -2.41. The van der Waals surface area contributed by atoms with Gasteiger partial charge in [0.1, 0.15) is 0 Å². The smallest absolute Gasteiger partial charge is 0.337 e. The Bertz CT molecular complexity index is 1070. The van der Waals surface area contributed by atoms with E-state index in [0.29, 0.717) is 12.4 Å². The summed E-state index contributed by atoms with van der Waals surface area (Å²) < 4.78 is 44.4. The number of aromatic nitrogens is 2. The number of carbonyl (C=O) groups is 1. The van der Waals surface area contributed by atoms with Crippen LogP contribution in [0.4, 0.5) is 18.9 Å². The number of amides is 1. The van der Waals surface area contributed by atoms with Gasteiger partial charge in [0, 0.05) is 17.8 Å². The highest BCUT2D eigenvalue weighted by atomic mass is 19.4. The Labute approximate surface area is 183 Å². The van der Waals surface area contributed by atoms with Gasteiger partial charge in [0.15, 0.2) is 0 Å². The van der Waals surface area contributed by atoms with Crippen molar-refractivity contribution in [1.82, 2.24) is 15.0 Å². The van der Waals surface area contributed by atoms with Crippen LogP contribution < -0.4 is 5.32 Å². The lowest BCUT2D eigenvalue weighted by atomic mass is 9.96. The third kappa shape index (κ3) is 4.99. The van der Waals surface area contributed by atoms with Crippen molar-refractivity contribution in [2.45, 2.75) is 32.0 Å². The van der Waals surface area contributed by atoms with Crippen molar-refractivity contribution in [1.29, 1.82) is 0 Å². The van der Waals surface area contributed by atoms with Gasteiger partial charge in [-0.2, -0.15) is 18.2 Å². The lowest BCUT2D eigenvalue weighted by molar-refractivity contribution is -0.137. The number of halogens is 3. The van der Waals surface area contributed by atoms with E-state index in [1.807, 2.05) is 37.3 Å². The second-order valence-electron chi connectivity index (χ2n) is 7.90. The molecule has 0 radical (unpaired) electrons. The molecule has 1 aliphatic rings. The summed E-state index contributed by atoms with van der Waals surface area (Å²) in [7, 11) is 0. The molecule has 6 nitrogen and oxygen atoms in total. The average Bonchev–Trinajstić information content (AvgIpc) is 3.29. The normalized spacial score (nSPS) is 18.3. The standard InChI is InChI=1S/C23H23F3N4O2/c1-15(22-28-20(29-32-22)16-7-5-9-18(13-16)23(24,25)26)30-12-6-8-17(14-30)21(31)27-19-10-3-2-4-11-19/h2-5,7,9-11,13,15,17H,6,8,12,14H2,1H3,(H,27,31). The third-order valence-electron chi connectivity index (χ3n) is 5.66. The highest BCUT2D eigenvalue weighted by Gasteiger charge is 2.32. The highest BCUT2D eigenvalue weighted by Crippen LogP contribution is 2.32. The number of piperidine rings is 1. The first-order chi connectivity index (χ1) is 15.3. The van der Waals surface area contributed by atoms with Crippen LogP contribution in [0.2, 0.25) is 0 Å². The van der Waals surface area contributed by atoms with E-state index in [1.165, 1.54) is 12.1 Å². The SMILES string of the molecule is CC(c1nc(-c2cccc(C(F)(F)F)c2)no1)N1CCCC(C(=O)Nc2ccccc2)C1. The largest absolute Gasteiger partial charge is 0.416 e. The first-order valence-corrected chi connectivity index (χ1v) is 10.4. The van der Waals surface area contributed by atoms with E-state index in [0.717, 1.165) is 37.2 Å². The zero-order valence-corrected chi connectivity index (χ0v) is 17.5. The molecule has 3 aromatic rings. The molecule has 0 spiro atoms. The van der Waals surface area contributed by atoms with E-state index in [4.69, 9.17) is 4.52 Å². The van der Waals surface area contributed by atoms with Crippen molar-refractivity contribution in [3.05, 3.63) is 66.1 Å². The number of hydrogen-bond donors (Lipinski definition) is 1. The molecule has 1 saturated heterocycles. The third-order valence-corrected chi connectivity index (χ3v) is 5.66. The Morgan fingerprint density at radius 3 is 2.72 bits per heavy atom. The maximum Gasteiger partial charge on any atom is 0.416 e. The van der Waals surface area contributed by atoms with Crippen LogP contribution in [0.1, 0.15) is 37.3 Å². The molecule has 4 rings (SSSR count). The number of nitrogens with one attached hydrogen (secondary N) is 1. The quantitative estimate of drug-likeness (QED) is 0.588. The van der Waals surface area contributed by atoms with Crippen molar-refractivity contribution in [3.63, 3.8) is 0 Å². The van der Waals surface area contributed by atoms with Crippen molar-refractivity contribution in [2.75, 3.05) is 18.4 Å². The summed E-state index contributed by atoms with van der Waals surface area (Å²) >= 11 is 0. The molecule has 2 atom stereocenters. The molecular weight excluding hydrogens is 421 g/mol. The topological polar surface area (TPSA) is 71.3 Å². The Kier molecular flexibility index (Phi) is 6.27. The van der Waals surface area contributed by atoms with Crippen LogP contribution in [-0.4, -0.2) is 34.0 Å². The minimum absolute atomic E-state index is 0.0386. The molecular formula is C23H23F3N4O2. The van der Waals surface area contributed by atoms with E-state index in [-0.39, 0.29) is 29.3 Å². The fourth-order valence-electron chi connectivity index (χ4n) is 3.85. The van der Waals surface area contributed by atoms with Crippen LogP contribution in [0, 0.1) is 5.92 Å². The van der Waals surface area contributed by atoms with Gasteiger partial charge in [0.25, 0.3) is 0 Å². The molecule has 2 unspecified atom stereocenters. The monoisotopic (exact) mass is 444 g/mol.